The Balaban J connectivity index is 1.68. The van der Waals surface area contributed by atoms with E-state index in [4.69, 9.17) is 11.5 Å². The van der Waals surface area contributed by atoms with Crippen LogP contribution in [0.2, 0.25) is 0 Å². The Bertz CT molecular complexity index is 510. The fourth-order valence-corrected chi connectivity index (χ4v) is 3.85. The van der Waals surface area contributed by atoms with Crippen molar-refractivity contribution in [3.8, 4) is 0 Å². The third kappa shape index (κ3) is 2.24. The van der Waals surface area contributed by atoms with Crippen LogP contribution in [0.1, 0.15) is 49.9 Å². The lowest BCUT2D eigenvalue weighted by atomic mass is 9.85. The van der Waals surface area contributed by atoms with E-state index >= 15 is 0 Å². The molecule has 2 aliphatic carbocycles. The number of nitrogens with two attached hydrogens (primary N) is 2. The molecule has 4 N–H and O–H groups in total. The molecule has 1 aromatic rings. The van der Waals surface area contributed by atoms with Crippen molar-refractivity contribution >= 4 is 5.91 Å². The third-order valence-corrected chi connectivity index (χ3v) is 5.16. The van der Waals surface area contributed by atoms with Gasteiger partial charge in [0.25, 0.3) is 0 Å². The van der Waals surface area contributed by atoms with E-state index in [-0.39, 0.29) is 11.8 Å². The number of aryl methyl sites for hydroxylation is 2. The lowest BCUT2D eigenvalue weighted by Gasteiger charge is -2.28. The molecule has 3 rings (SSSR count). The molecule has 0 radical (unpaired) electrons. The molecule has 110 valence electrons. The first-order valence-corrected chi connectivity index (χ1v) is 7.73. The molecule has 2 unspecified atom stereocenters. The van der Waals surface area contributed by atoms with Gasteiger partial charge in [-0.1, -0.05) is 6.42 Å². The monoisotopic (exact) mass is 276 g/mol. The summed E-state index contributed by atoms with van der Waals surface area (Å²) in [5.41, 5.74) is 13.6. The summed E-state index contributed by atoms with van der Waals surface area (Å²) in [5.74, 6) is -0.130. The van der Waals surface area contributed by atoms with Crippen LogP contribution in [0.15, 0.2) is 6.33 Å². The summed E-state index contributed by atoms with van der Waals surface area (Å²) in [6, 6.07) is 0. The van der Waals surface area contributed by atoms with E-state index in [9.17, 15) is 4.79 Å². The van der Waals surface area contributed by atoms with Gasteiger partial charge in [-0.3, -0.25) is 4.79 Å². The zero-order valence-electron chi connectivity index (χ0n) is 12.0. The second-order valence-corrected chi connectivity index (χ2v) is 6.32. The molecule has 5 nitrogen and oxygen atoms in total. The highest BCUT2D eigenvalue weighted by molar-refractivity contribution is 5.85. The van der Waals surface area contributed by atoms with E-state index in [0.717, 1.165) is 45.1 Å². The Kier molecular flexibility index (Phi) is 3.54. The molecule has 0 bridgehead atoms. The summed E-state index contributed by atoms with van der Waals surface area (Å²) in [7, 11) is 0. The van der Waals surface area contributed by atoms with Crippen LogP contribution >= 0.6 is 0 Å². The van der Waals surface area contributed by atoms with E-state index in [0.29, 0.717) is 0 Å². The van der Waals surface area contributed by atoms with Crippen molar-refractivity contribution in [2.24, 2.45) is 17.4 Å². The lowest BCUT2D eigenvalue weighted by molar-refractivity contribution is -0.124. The second kappa shape index (κ2) is 5.20. The van der Waals surface area contributed by atoms with Gasteiger partial charge in [0, 0.05) is 12.2 Å². The minimum atomic E-state index is -0.791. The van der Waals surface area contributed by atoms with Crippen LogP contribution in [0.5, 0.6) is 0 Å². The highest BCUT2D eigenvalue weighted by Crippen LogP contribution is 2.36. The molecule has 0 saturated heterocycles. The molecule has 2 atom stereocenters. The molecule has 0 spiro atoms. The molecule has 1 amide bonds. The molecule has 5 heteroatoms. The number of primary amides is 1. The summed E-state index contributed by atoms with van der Waals surface area (Å²) in [5, 5.41) is 0. The zero-order valence-corrected chi connectivity index (χ0v) is 12.0. The topological polar surface area (TPSA) is 86.9 Å². The second-order valence-electron chi connectivity index (χ2n) is 6.32. The van der Waals surface area contributed by atoms with Gasteiger partial charge < -0.3 is 16.0 Å². The SMILES string of the molecule is NC(=O)C1(N)CCCC1CCn1cnc2c1CCCC2. The Morgan fingerprint density at radius 3 is 3.00 bits per heavy atom. The van der Waals surface area contributed by atoms with Crippen LogP contribution in [0, 0.1) is 5.92 Å². The highest BCUT2D eigenvalue weighted by Gasteiger charge is 2.43. The maximum absolute atomic E-state index is 11.6. The van der Waals surface area contributed by atoms with Gasteiger partial charge in [-0.15, -0.1) is 0 Å². The van der Waals surface area contributed by atoms with E-state index in [1.54, 1.807) is 0 Å². The summed E-state index contributed by atoms with van der Waals surface area (Å²) in [6.07, 6.45) is 10.4. The Morgan fingerprint density at radius 2 is 2.20 bits per heavy atom. The van der Waals surface area contributed by atoms with Gasteiger partial charge in [-0.2, -0.15) is 0 Å². The standard InChI is InChI=1S/C15H24N4O/c16-14(20)15(17)8-3-4-11(15)7-9-19-10-18-12-5-1-2-6-13(12)19/h10-11H,1-9,17H2,(H2,16,20). The number of hydrogen-bond acceptors (Lipinski definition) is 3. The number of rotatable bonds is 4. The van der Waals surface area contributed by atoms with Crippen LogP contribution in [-0.2, 0) is 24.2 Å². The fraction of sp³-hybridized carbons (Fsp3) is 0.733. The van der Waals surface area contributed by atoms with Gasteiger partial charge in [0.2, 0.25) is 5.91 Å². The van der Waals surface area contributed by atoms with E-state index in [1.807, 2.05) is 6.33 Å². The highest BCUT2D eigenvalue weighted by atomic mass is 16.1. The normalized spacial score (nSPS) is 29.4. The van der Waals surface area contributed by atoms with Crippen molar-refractivity contribution in [2.45, 2.75) is 63.5 Å². The maximum atomic E-state index is 11.6. The van der Waals surface area contributed by atoms with Gasteiger partial charge in [-0.25, -0.2) is 4.98 Å². The predicted octanol–water partition coefficient (Wildman–Crippen LogP) is 1.13. The van der Waals surface area contributed by atoms with Crippen molar-refractivity contribution in [1.29, 1.82) is 0 Å². The van der Waals surface area contributed by atoms with Crippen LogP contribution in [0.25, 0.3) is 0 Å². The first-order valence-electron chi connectivity index (χ1n) is 7.73. The van der Waals surface area contributed by atoms with E-state index in [1.165, 1.54) is 24.2 Å². The minimum absolute atomic E-state index is 0.210. The van der Waals surface area contributed by atoms with Crippen LogP contribution < -0.4 is 11.5 Å². The molecule has 1 aromatic heterocycles. The molecule has 1 saturated carbocycles. The van der Waals surface area contributed by atoms with Gasteiger partial charge in [0.1, 0.15) is 0 Å². The van der Waals surface area contributed by atoms with Crippen molar-refractivity contribution in [2.75, 3.05) is 0 Å². The van der Waals surface area contributed by atoms with E-state index in [2.05, 4.69) is 9.55 Å². The summed E-state index contributed by atoms with van der Waals surface area (Å²) in [4.78, 5) is 16.1. The van der Waals surface area contributed by atoms with Crippen molar-refractivity contribution in [3.05, 3.63) is 17.7 Å². The number of imidazole rings is 1. The smallest absolute Gasteiger partial charge is 0.237 e. The van der Waals surface area contributed by atoms with Gasteiger partial charge in [-0.05, 0) is 50.9 Å². The van der Waals surface area contributed by atoms with Crippen LogP contribution in [-0.4, -0.2) is 21.0 Å². The van der Waals surface area contributed by atoms with Crippen LogP contribution in [0.4, 0.5) is 0 Å². The van der Waals surface area contributed by atoms with E-state index < -0.39 is 5.54 Å². The number of hydrogen-bond donors (Lipinski definition) is 2. The molecule has 0 aromatic carbocycles. The Hall–Kier alpha value is -1.36. The molecule has 1 fully saturated rings. The van der Waals surface area contributed by atoms with Crippen molar-refractivity contribution < 1.29 is 4.79 Å². The quantitative estimate of drug-likeness (QED) is 0.864. The average Bonchev–Trinajstić information content (AvgIpc) is 3.01. The first-order chi connectivity index (χ1) is 9.61. The van der Waals surface area contributed by atoms with Gasteiger partial charge in [0.15, 0.2) is 0 Å². The number of fused-ring (bicyclic) bond motifs is 1. The maximum Gasteiger partial charge on any atom is 0.237 e. The van der Waals surface area contributed by atoms with Gasteiger partial charge >= 0.3 is 0 Å². The zero-order chi connectivity index (χ0) is 14.2. The largest absolute Gasteiger partial charge is 0.368 e. The number of nitrogens with zero attached hydrogens (tertiary/aromatic N) is 2. The number of carbonyl (C=O) groups is 1. The fourth-order valence-electron chi connectivity index (χ4n) is 3.85. The summed E-state index contributed by atoms with van der Waals surface area (Å²) in [6.45, 7) is 0.902. The Morgan fingerprint density at radius 1 is 1.40 bits per heavy atom. The molecule has 2 aliphatic rings. The van der Waals surface area contributed by atoms with Gasteiger partial charge in [0.05, 0.1) is 17.6 Å². The molecular formula is C15H24N4O. The van der Waals surface area contributed by atoms with Crippen molar-refractivity contribution in [1.82, 2.24) is 9.55 Å². The Labute approximate surface area is 119 Å². The first kappa shape index (κ1) is 13.6. The molecular weight excluding hydrogens is 252 g/mol. The van der Waals surface area contributed by atoms with Crippen molar-refractivity contribution in [3.63, 3.8) is 0 Å². The summed E-state index contributed by atoms with van der Waals surface area (Å²) >= 11 is 0. The predicted molar refractivity (Wildman–Crippen MR) is 76.9 cm³/mol. The average molecular weight is 276 g/mol. The number of aromatic nitrogens is 2. The molecule has 20 heavy (non-hydrogen) atoms. The summed E-state index contributed by atoms with van der Waals surface area (Å²) < 4.78 is 2.26. The lowest BCUT2D eigenvalue weighted by Crippen LogP contribution is -2.54. The van der Waals surface area contributed by atoms with Crippen LogP contribution in [0.3, 0.4) is 0 Å². The third-order valence-electron chi connectivity index (χ3n) is 5.16. The number of carbonyl (C=O) groups excluding carboxylic acids is 1. The minimum Gasteiger partial charge on any atom is -0.368 e. The molecule has 1 heterocycles. The number of amides is 1. The molecule has 0 aliphatic heterocycles.